The van der Waals surface area contributed by atoms with Gasteiger partial charge < -0.3 is 15.0 Å². The van der Waals surface area contributed by atoms with Gasteiger partial charge in [0.15, 0.2) is 0 Å². The Bertz CT molecular complexity index is 597. The number of hydrogen-bond donors (Lipinski definition) is 1. The average molecular weight is 381 g/mol. The van der Waals surface area contributed by atoms with Gasteiger partial charge >= 0.3 is 18.0 Å². The van der Waals surface area contributed by atoms with E-state index in [0.717, 1.165) is 25.7 Å². The molecule has 1 unspecified atom stereocenters. The van der Waals surface area contributed by atoms with Crippen molar-refractivity contribution >= 4 is 23.8 Å². The van der Waals surface area contributed by atoms with E-state index in [1.54, 1.807) is 0 Å². The van der Waals surface area contributed by atoms with Gasteiger partial charge in [-0.3, -0.25) is 4.79 Å². The highest BCUT2D eigenvalue weighted by Crippen LogP contribution is 2.24. The van der Waals surface area contributed by atoms with Crippen LogP contribution in [0.3, 0.4) is 0 Å². The molecule has 27 heavy (non-hydrogen) atoms. The van der Waals surface area contributed by atoms with Crippen molar-refractivity contribution in [3.8, 4) is 0 Å². The van der Waals surface area contributed by atoms with Crippen LogP contribution in [0.15, 0.2) is 5.10 Å². The molecule has 1 aliphatic carbocycles. The second-order valence-electron chi connectivity index (χ2n) is 8.21. The third kappa shape index (κ3) is 5.59. The van der Waals surface area contributed by atoms with Crippen molar-refractivity contribution in [2.24, 2.45) is 11.0 Å². The minimum atomic E-state index is -0.836. The van der Waals surface area contributed by atoms with Crippen molar-refractivity contribution in [3.63, 3.8) is 0 Å². The molecule has 0 radical (unpaired) electrons. The fourth-order valence-electron chi connectivity index (χ4n) is 3.26. The van der Waals surface area contributed by atoms with Crippen LogP contribution in [-0.2, 0) is 9.53 Å². The molecule has 8 heteroatoms. The number of quaternary nitrogens is 1. The maximum atomic E-state index is 13.0. The minimum Gasteiger partial charge on any atom is -0.350 e. The number of nitrogens with zero attached hydrogens (tertiary/aromatic N) is 3. The van der Waals surface area contributed by atoms with Crippen LogP contribution in [0.2, 0.25) is 0 Å². The maximum absolute atomic E-state index is 13.0. The van der Waals surface area contributed by atoms with E-state index in [2.05, 4.69) is 10.4 Å². The highest BCUT2D eigenvalue weighted by atomic mass is 16.6. The van der Waals surface area contributed by atoms with Crippen LogP contribution in [0.25, 0.3) is 0 Å². The van der Waals surface area contributed by atoms with E-state index in [9.17, 15) is 14.4 Å². The van der Waals surface area contributed by atoms with E-state index in [0.29, 0.717) is 18.9 Å². The van der Waals surface area contributed by atoms with E-state index in [4.69, 9.17) is 4.74 Å². The standard InChI is InChI=1S/C19H32N4O4/c1-14(2)10-11-16(24)17-21-23(19(26)27-17,13-12-22(3)4)18(25)20-15-8-6-5-7-9-15/h14-15H,5-13H2,1-4H3/p+1. The maximum Gasteiger partial charge on any atom is 0.560 e. The highest BCUT2D eigenvalue weighted by Gasteiger charge is 2.55. The van der Waals surface area contributed by atoms with Crippen LogP contribution in [0.5, 0.6) is 0 Å². The summed E-state index contributed by atoms with van der Waals surface area (Å²) in [5.41, 5.74) is 0. The van der Waals surface area contributed by atoms with Gasteiger partial charge in [0.25, 0.3) is 0 Å². The normalized spacial score (nSPS) is 23.5. The molecule has 0 aromatic rings. The number of cyclic esters (lactones) is 1. The second-order valence-corrected chi connectivity index (χ2v) is 8.21. The monoisotopic (exact) mass is 381 g/mol. The molecule has 2 aliphatic rings. The fourth-order valence-corrected chi connectivity index (χ4v) is 3.26. The zero-order chi connectivity index (χ0) is 20.0. The first-order valence-electron chi connectivity index (χ1n) is 9.94. The number of urea groups is 1. The molecule has 0 spiro atoms. The number of amides is 3. The molecule has 3 amide bonds. The van der Waals surface area contributed by atoms with Crippen LogP contribution in [0, 0.1) is 5.92 Å². The first kappa shape index (κ1) is 21.5. The van der Waals surface area contributed by atoms with Crippen LogP contribution in [-0.4, -0.2) is 66.5 Å². The lowest BCUT2D eigenvalue weighted by molar-refractivity contribution is -0.775. The van der Waals surface area contributed by atoms with Gasteiger partial charge in [0, 0.05) is 12.5 Å². The van der Waals surface area contributed by atoms with Crippen molar-refractivity contribution in [2.45, 2.75) is 64.8 Å². The zero-order valence-electron chi connectivity index (χ0n) is 17.0. The molecule has 1 heterocycles. The van der Waals surface area contributed by atoms with E-state index >= 15 is 0 Å². The van der Waals surface area contributed by atoms with Crippen LogP contribution in [0.1, 0.15) is 58.8 Å². The van der Waals surface area contributed by atoms with Gasteiger partial charge in [-0.1, -0.05) is 33.1 Å². The van der Waals surface area contributed by atoms with Gasteiger partial charge in [-0.2, -0.15) is 4.79 Å². The number of ether oxygens (including phenoxy) is 1. The molecule has 1 fully saturated rings. The summed E-state index contributed by atoms with van der Waals surface area (Å²) in [5.74, 6) is -0.209. The number of likely N-dealkylation sites (N-methyl/N-ethyl adjacent to an activating group) is 1. The smallest absolute Gasteiger partial charge is 0.350 e. The summed E-state index contributed by atoms with van der Waals surface area (Å²) < 4.78 is 4.33. The number of Topliss-reactive ketones (excluding diaryl/α,β-unsaturated/α-hetero) is 1. The number of imide groups is 1. The molecule has 8 nitrogen and oxygen atoms in total. The molecule has 0 aromatic carbocycles. The van der Waals surface area contributed by atoms with Gasteiger partial charge in [-0.05, 0) is 49.0 Å². The van der Waals surface area contributed by atoms with Gasteiger partial charge in [-0.15, -0.1) is 0 Å². The van der Waals surface area contributed by atoms with Crippen LogP contribution in [0.4, 0.5) is 9.59 Å². The lowest BCUT2D eigenvalue weighted by Crippen LogP contribution is -2.59. The molecule has 0 saturated heterocycles. The summed E-state index contributed by atoms with van der Waals surface area (Å²) in [6, 6.07) is -0.454. The van der Waals surface area contributed by atoms with Crippen molar-refractivity contribution < 1.29 is 23.7 Å². The Hall–Kier alpha value is -1.80. The number of carbonyl (C=O) groups excluding carboxylic acids is 3. The summed E-state index contributed by atoms with van der Waals surface area (Å²) in [6.07, 6.45) is 5.24. The third-order valence-electron chi connectivity index (χ3n) is 5.07. The summed E-state index contributed by atoms with van der Waals surface area (Å²) in [6.45, 7) is 4.63. The van der Waals surface area contributed by atoms with Crippen molar-refractivity contribution in [3.05, 3.63) is 0 Å². The number of ketones is 1. The minimum absolute atomic E-state index is 0.0456. The summed E-state index contributed by atoms with van der Waals surface area (Å²) in [7, 11) is 3.71. The Kier molecular flexibility index (Phi) is 7.49. The molecule has 1 atom stereocenters. The predicted octanol–water partition coefficient (Wildman–Crippen LogP) is 2.88. The first-order chi connectivity index (χ1) is 12.7. The average Bonchev–Trinajstić information content (AvgIpc) is 2.96. The van der Waals surface area contributed by atoms with Gasteiger partial charge in [-0.25, -0.2) is 4.79 Å². The fraction of sp³-hybridized carbons (Fsp3) is 0.789. The number of hydrogen-bond acceptors (Lipinski definition) is 6. The first-order valence-corrected chi connectivity index (χ1v) is 9.94. The third-order valence-corrected chi connectivity index (χ3v) is 5.07. The van der Waals surface area contributed by atoms with E-state index in [-0.39, 0.29) is 30.7 Å². The molecule has 0 aromatic heterocycles. The Morgan fingerprint density at radius 1 is 1.26 bits per heavy atom. The molecule has 0 bridgehead atoms. The van der Waals surface area contributed by atoms with Crippen LogP contribution < -0.4 is 5.32 Å². The SMILES string of the molecule is CC(C)CCC(=O)C1=N[N+](CCN(C)C)(C(=O)NC2CCCCC2)C(=O)O1. The largest absolute Gasteiger partial charge is 0.560 e. The second kappa shape index (κ2) is 9.41. The number of rotatable bonds is 8. The van der Waals surface area contributed by atoms with E-state index in [1.807, 2.05) is 32.8 Å². The predicted molar refractivity (Wildman–Crippen MR) is 102 cm³/mol. The van der Waals surface area contributed by atoms with Crippen molar-refractivity contribution in [1.82, 2.24) is 10.2 Å². The van der Waals surface area contributed by atoms with Gasteiger partial charge in [0.05, 0.1) is 6.54 Å². The zero-order valence-corrected chi connectivity index (χ0v) is 17.0. The summed E-state index contributed by atoms with van der Waals surface area (Å²) >= 11 is 0. The summed E-state index contributed by atoms with van der Waals surface area (Å²) in [4.78, 5) is 39.9. The Labute approximate surface area is 161 Å². The molecular weight excluding hydrogens is 348 g/mol. The molecule has 1 aliphatic heterocycles. The Morgan fingerprint density at radius 2 is 1.93 bits per heavy atom. The lowest BCUT2D eigenvalue weighted by Gasteiger charge is -2.27. The Balaban J connectivity index is 2.19. The quantitative estimate of drug-likeness (QED) is 0.653. The van der Waals surface area contributed by atoms with Crippen LogP contribution >= 0.6 is 0 Å². The van der Waals surface area contributed by atoms with Gasteiger partial charge in [0.2, 0.25) is 5.78 Å². The molecule has 1 saturated carbocycles. The van der Waals surface area contributed by atoms with E-state index in [1.165, 1.54) is 6.42 Å². The molecule has 152 valence electrons. The molecular formula is C19H33N4O4+. The van der Waals surface area contributed by atoms with Crippen molar-refractivity contribution in [1.29, 1.82) is 0 Å². The topological polar surface area (TPSA) is 88.1 Å². The van der Waals surface area contributed by atoms with Gasteiger partial charge in [0.1, 0.15) is 6.54 Å². The lowest BCUT2D eigenvalue weighted by atomic mass is 9.96. The van der Waals surface area contributed by atoms with Crippen molar-refractivity contribution in [2.75, 3.05) is 27.2 Å². The van der Waals surface area contributed by atoms with E-state index < -0.39 is 16.7 Å². The highest BCUT2D eigenvalue weighted by molar-refractivity contribution is 6.38. The summed E-state index contributed by atoms with van der Waals surface area (Å²) in [5, 5.41) is 7.17. The number of nitrogens with one attached hydrogen (secondary N) is 1. The Morgan fingerprint density at radius 3 is 2.52 bits per heavy atom. The molecule has 2 rings (SSSR count). The number of carbonyl (C=O) groups is 3. The molecule has 1 N–H and O–H groups in total.